The van der Waals surface area contributed by atoms with Crippen LogP contribution in [0.4, 0.5) is 4.39 Å². The van der Waals surface area contributed by atoms with Gasteiger partial charge in [0.1, 0.15) is 5.82 Å². The first-order valence-corrected chi connectivity index (χ1v) is 6.11. The molecule has 0 bridgehead atoms. The molecule has 3 rings (SSSR count). The maximum absolute atomic E-state index is 13.3. The molecule has 0 atom stereocenters. The normalized spacial score (nSPS) is 10.8. The van der Waals surface area contributed by atoms with Gasteiger partial charge in [0.25, 0.3) is 0 Å². The Morgan fingerprint density at radius 1 is 1.05 bits per heavy atom. The Bertz CT molecular complexity index is 732. The molecule has 0 saturated carbocycles. The third-order valence-corrected chi connectivity index (χ3v) is 3.26. The molecule has 3 aromatic rings. The number of hydrogen-bond donors (Lipinski definition) is 1. The second kappa shape index (κ2) is 4.78. The fraction of sp³-hybridized carbons (Fsp3) is 0.0625. The van der Waals surface area contributed by atoms with Gasteiger partial charge >= 0.3 is 0 Å². The number of halogens is 1. The predicted molar refractivity (Wildman–Crippen MR) is 75.0 cm³/mol. The number of nitrogens with zero attached hydrogens (tertiary/aromatic N) is 1. The maximum Gasteiger partial charge on any atom is 0.123 e. The minimum atomic E-state index is -0.258. The van der Waals surface area contributed by atoms with E-state index in [0.717, 1.165) is 27.5 Å². The molecule has 19 heavy (non-hydrogen) atoms. The smallest absolute Gasteiger partial charge is 0.123 e. The van der Waals surface area contributed by atoms with Crippen LogP contribution in [0, 0.1) is 5.82 Å². The molecule has 0 aliphatic rings. The van der Waals surface area contributed by atoms with Crippen LogP contribution >= 0.6 is 0 Å². The Labute approximate surface area is 110 Å². The fourth-order valence-corrected chi connectivity index (χ4v) is 2.35. The van der Waals surface area contributed by atoms with Crippen molar-refractivity contribution in [2.45, 2.75) is 6.54 Å². The summed E-state index contributed by atoms with van der Waals surface area (Å²) in [7, 11) is 0. The van der Waals surface area contributed by atoms with Gasteiger partial charge in [-0.05, 0) is 40.3 Å². The van der Waals surface area contributed by atoms with Crippen molar-refractivity contribution in [3.05, 3.63) is 66.2 Å². The van der Waals surface area contributed by atoms with E-state index in [-0.39, 0.29) is 5.82 Å². The second-order valence-electron chi connectivity index (χ2n) is 4.41. The highest BCUT2D eigenvalue weighted by Crippen LogP contribution is 2.30. The van der Waals surface area contributed by atoms with E-state index in [4.69, 9.17) is 5.73 Å². The van der Waals surface area contributed by atoms with E-state index in [0.29, 0.717) is 6.54 Å². The number of pyridine rings is 1. The Kier molecular flexibility index (Phi) is 2.97. The van der Waals surface area contributed by atoms with Crippen molar-refractivity contribution in [2.24, 2.45) is 5.73 Å². The van der Waals surface area contributed by atoms with Crippen LogP contribution in [0.25, 0.3) is 21.9 Å². The number of rotatable bonds is 2. The molecular formula is C16H13FN2. The Morgan fingerprint density at radius 3 is 2.79 bits per heavy atom. The molecule has 1 heterocycles. The van der Waals surface area contributed by atoms with Gasteiger partial charge in [-0.1, -0.05) is 24.3 Å². The second-order valence-corrected chi connectivity index (χ2v) is 4.41. The van der Waals surface area contributed by atoms with Gasteiger partial charge in [0.2, 0.25) is 0 Å². The van der Waals surface area contributed by atoms with Crippen LogP contribution in [0.1, 0.15) is 5.56 Å². The number of nitrogens with two attached hydrogens (primary N) is 1. The first-order chi connectivity index (χ1) is 9.29. The maximum atomic E-state index is 13.3. The molecule has 0 aliphatic carbocycles. The first-order valence-electron chi connectivity index (χ1n) is 6.11. The molecule has 3 heteroatoms. The van der Waals surface area contributed by atoms with E-state index >= 15 is 0 Å². The molecule has 94 valence electrons. The lowest BCUT2D eigenvalue weighted by atomic mass is 9.95. The Balaban J connectivity index is 2.30. The summed E-state index contributed by atoms with van der Waals surface area (Å²) < 4.78 is 13.3. The Hall–Kier alpha value is -2.26. The van der Waals surface area contributed by atoms with Crippen LogP contribution in [0.2, 0.25) is 0 Å². The number of aromatic nitrogens is 1. The number of hydrogen-bond acceptors (Lipinski definition) is 2. The highest BCUT2D eigenvalue weighted by Gasteiger charge is 2.08. The molecule has 0 amide bonds. The molecule has 2 nitrogen and oxygen atoms in total. The van der Waals surface area contributed by atoms with Crippen molar-refractivity contribution in [3.8, 4) is 11.1 Å². The van der Waals surface area contributed by atoms with Crippen LogP contribution in [0.5, 0.6) is 0 Å². The molecule has 0 radical (unpaired) electrons. The zero-order valence-corrected chi connectivity index (χ0v) is 10.3. The summed E-state index contributed by atoms with van der Waals surface area (Å²) in [6, 6.07) is 12.7. The minimum Gasteiger partial charge on any atom is -0.326 e. The van der Waals surface area contributed by atoms with Crippen molar-refractivity contribution >= 4 is 10.8 Å². The highest BCUT2D eigenvalue weighted by atomic mass is 19.1. The molecular weight excluding hydrogens is 239 g/mol. The third kappa shape index (κ3) is 2.09. The first kappa shape index (κ1) is 11.8. The van der Waals surface area contributed by atoms with E-state index in [1.807, 2.05) is 30.5 Å². The molecule has 0 unspecified atom stereocenters. The Morgan fingerprint density at radius 2 is 1.95 bits per heavy atom. The van der Waals surface area contributed by atoms with Gasteiger partial charge in [-0.2, -0.15) is 0 Å². The third-order valence-electron chi connectivity index (χ3n) is 3.26. The highest BCUT2D eigenvalue weighted by molar-refractivity contribution is 5.96. The van der Waals surface area contributed by atoms with E-state index in [1.165, 1.54) is 12.1 Å². The molecule has 1 aromatic heterocycles. The zero-order chi connectivity index (χ0) is 13.2. The van der Waals surface area contributed by atoms with Crippen molar-refractivity contribution in [1.29, 1.82) is 0 Å². The molecule has 2 aromatic carbocycles. The quantitative estimate of drug-likeness (QED) is 0.758. The van der Waals surface area contributed by atoms with Gasteiger partial charge in [-0.25, -0.2) is 4.39 Å². The molecule has 0 spiro atoms. The van der Waals surface area contributed by atoms with Crippen LogP contribution < -0.4 is 5.73 Å². The van der Waals surface area contributed by atoms with Gasteiger partial charge in [0.05, 0.1) is 0 Å². The number of fused-ring (bicyclic) bond motifs is 1. The van der Waals surface area contributed by atoms with Crippen LogP contribution in [0.3, 0.4) is 0 Å². The predicted octanol–water partition coefficient (Wildman–Crippen LogP) is 3.50. The summed E-state index contributed by atoms with van der Waals surface area (Å²) in [6.07, 6.45) is 3.59. The summed E-state index contributed by atoms with van der Waals surface area (Å²) in [4.78, 5) is 4.12. The van der Waals surface area contributed by atoms with Crippen molar-refractivity contribution in [3.63, 3.8) is 0 Å². The molecule has 0 aliphatic heterocycles. The average molecular weight is 252 g/mol. The lowest BCUT2D eigenvalue weighted by Gasteiger charge is -2.11. The zero-order valence-electron chi connectivity index (χ0n) is 10.3. The summed E-state index contributed by atoms with van der Waals surface area (Å²) >= 11 is 0. The van der Waals surface area contributed by atoms with Crippen molar-refractivity contribution < 1.29 is 4.39 Å². The van der Waals surface area contributed by atoms with Crippen LogP contribution in [0.15, 0.2) is 54.9 Å². The monoisotopic (exact) mass is 252 g/mol. The summed E-state index contributed by atoms with van der Waals surface area (Å²) in [5.41, 5.74) is 8.56. The number of benzene rings is 2. The lowest BCUT2D eigenvalue weighted by Crippen LogP contribution is -2.00. The van der Waals surface area contributed by atoms with Crippen molar-refractivity contribution in [2.75, 3.05) is 0 Å². The lowest BCUT2D eigenvalue weighted by molar-refractivity contribution is 0.625. The summed E-state index contributed by atoms with van der Waals surface area (Å²) in [5, 5.41) is 2.16. The van der Waals surface area contributed by atoms with E-state index in [9.17, 15) is 4.39 Å². The standard InChI is InChI=1S/C16H13FN2/c17-13-4-5-14(12(8-13)9-18)16-3-1-2-11-10-19-7-6-15(11)16/h1-8,10H,9,18H2. The molecule has 0 saturated heterocycles. The summed E-state index contributed by atoms with van der Waals surface area (Å²) in [5.74, 6) is -0.258. The van der Waals surface area contributed by atoms with Gasteiger partial charge in [-0.3, -0.25) is 4.98 Å². The van der Waals surface area contributed by atoms with Crippen LogP contribution in [-0.4, -0.2) is 4.98 Å². The minimum absolute atomic E-state index is 0.258. The van der Waals surface area contributed by atoms with Gasteiger partial charge in [0.15, 0.2) is 0 Å². The largest absolute Gasteiger partial charge is 0.326 e. The van der Waals surface area contributed by atoms with Crippen molar-refractivity contribution in [1.82, 2.24) is 4.98 Å². The van der Waals surface area contributed by atoms with E-state index in [2.05, 4.69) is 4.98 Å². The SMILES string of the molecule is NCc1cc(F)ccc1-c1cccc2cnccc12. The molecule has 0 fully saturated rings. The molecule has 2 N–H and O–H groups in total. The topological polar surface area (TPSA) is 38.9 Å². The van der Waals surface area contributed by atoms with Gasteiger partial charge in [0, 0.05) is 24.3 Å². The van der Waals surface area contributed by atoms with E-state index in [1.54, 1.807) is 12.3 Å². The van der Waals surface area contributed by atoms with Gasteiger partial charge < -0.3 is 5.73 Å². The fourth-order valence-electron chi connectivity index (χ4n) is 2.35. The average Bonchev–Trinajstić information content (AvgIpc) is 2.46. The van der Waals surface area contributed by atoms with Crippen LogP contribution in [-0.2, 0) is 6.54 Å². The van der Waals surface area contributed by atoms with Gasteiger partial charge in [-0.15, -0.1) is 0 Å². The summed E-state index contributed by atoms with van der Waals surface area (Å²) in [6.45, 7) is 0.314. The van der Waals surface area contributed by atoms with E-state index < -0.39 is 0 Å².